The monoisotopic (exact) mass is 588 g/mol. The van der Waals surface area contributed by atoms with Gasteiger partial charge in [0.15, 0.2) is 17.5 Å². The summed E-state index contributed by atoms with van der Waals surface area (Å²) in [7, 11) is 0. The quantitative estimate of drug-likeness (QED) is 0.194. The van der Waals surface area contributed by atoms with E-state index >= 15 is 0 Å². The fourth-order valence-corrected chi connectivity index (χ4v) is 5.87. The van der Waals surface area contributed by atoms with Gasteiger partial charge in [-0.05, 0) is 68.4 Å². The van der Waals surface area contributed by atoms with Crippen LogP contribution in [0.25, 0.3) is 78.3 Å². The minimum absolute atomic E-state index is 0.641. The molecule has 0 saturated carbocycles. The van der Waals surface area contributed by atoms with Gasteiger partial charge in [-0.2, -0.15) is 0 Å². The molecular formula is C42H28N4. The second-order valence-corrected chi connectivity index (χ2v) is 11.2. The molecule has 0 spiro atoms. The third kappa shape index (κ3) is 5.44. The van der Waals surface area contributed by atoms with Crippen molar-refractivity contribution in [3.05, 3.63) is 170 Å². The molecule has 0 fully saturated rings. The van der Waals surface area contributed by atoms with Crippen LogP contribution in [0.4, 0.5) is 0 Å². The molecule has 0 saturated heterocycles. The molecule has 0 bridgehead atoms. The smallest absolute Gasteiger partial charge is 0.164 e. The van der Waals surface area contributed by atoms with E-state index in [0.29, 0.717) is 17.5 Å². The first-order chi connectivity index (χ1) is 22.8. The van der Waals surface area contributed by atoms with E-state index in [1.54, 1.807) is 6.20 Å². The van der Waals surface area contributed by atoms with Gasteiger partial charge in [-0.3, -0.25) is 4.98 Å². The van der Waals surface area contributed by atoms with Crippen LogP contribution in [0.5, 0.6) is 0 Å². The molecule has 2 heterocycles. The number of nitrogens with zero attached hydrogens (tertiary/aromatic N) is 4. The fraction of sp³-hybridized carbons (Fsp3) is 0. The number of hydrogen-bond acceptors (Lipinski definition) is 4. The maximum Gasteiger partial charge on any atom is 0.164 e. The average Bonchev–Trinajstić information content (AvgIpc) is 3.15. The molecule has 2 aromatic heterocycles. The van der Waals surface area contributed by atoms with E-state index in [1.165, 1.54) is 5.39 Å². The van der Waals surface area contributed by atoms with Crippen LogP contribution in [0.15, 0.2) is 170 Å². The number of benzene rings is 6. The number of aromatic nitrogens is 4. The van der Waals surface area contributed by atoms with E-state index in [2.05, 4.69) is 96.0 Å². The molecule has 6 aromatic carbocycles. The molecule has 8 rings (SSSR count). The number of pyridine rings is 1. The molecule has 0 N–H and O–H groups in total. The van der Waals surface area contributed by atoms with Crippen molar-refractivity contribution in [3.63, 3.8) is 0 Å². The Morgan fingerprint density at radius 1 is 0.326 bits per heavy atom. The van der Waals surface area contributed by atoms with E-state index < -0.39 is 0 Å². The maximum absolute atomic E-state index is 5.01. The van der Waals surface area contributed by atoms with Crippen LogP contribution in [0, 0.1) is 0 Å². The lowest BCUT2D eigenvalue weighted by Gasteiger charge is -2.13. The predicted octanol–water partition coefficient (Wildman–Crippen LogP) is 10.4. The molecule has 216 valence electrons. The minimum Gasteiger partial charge on any atom is -0.264 e. The standard InChI is InChI=1S/C42H28N4/c1-3-11-31(12-4-1)40-44-41(32-13-5-2-6-14-32)46-42(45-40)37-26-34-15-7-8-19-38(34)39(27-37)35-17-9-16-33(25-35)29-20-22-30(23-21-29)36-18-10-24-43-28-36/h1-28H. The van der Waals surface area contributed by atoms with Crippen LogP contribution in [0.3, 0.4) is 0 Å². The summed E-state index contributed by atoms with van der Waals surface area (Å²) >= 11 is 0. The molecule has 4 heteroatoms. The van der Waals surface area contributed by atoms with E-state index in [4.69, 9.17) is 15.0 Å². The first kappa shape index (κ1) is 27.3. The van der Waals surface area contributed by atoms with Gasteiger partial charge in [0.05, 0.1) is 0 Å². The van der Waals surface area contributed by atoms with Crippen molar-refractivity contribution >= 4 is 10.8 Å². The zero-order valence-corrected chi connectivity index (χ0v) is 25.0. The lowest BCUT2D eigenvalue weighted by molar-refractivity contribution is 1.07. The van der Waals surface area contributed by atoms with Crippen molar-refractivity contribution in [3.8, 4) is 67.5 Å². The number of fused-ring (bicyclic) bond motifs is 1. The fourth-order valence-electron chi connectivity index (χ4n) is 5.87. The SMILES string of the molecule is c1ccc(-c2nc(-c3ccccc3)nc(-c3cc(-c4cccc(-c5ccc(-c6cccnc6)cc5)c4)c4ccccc4c3)n2)cc1. The van der Waals surface area contributed by atoms with Crippen molar-refractivity contribution in [1.82, 2.24) is 19.9 Å². The molecule has 0 aliphatic carbocycles. The molecule has 0 aliphatic rings. The largest absolute Gasteiger partial charge is 0.264 e. The van der Waals surface area contributed by atoms with Crippen molar-refractivity contribution in [2.75, 3.05) is 0 Å². The average molecular weight is 589 g/mol. The Morgan fingerprint density at radius 3 is 1.52 bits per heavy atom. The molecule has 0 unspecified atom stereocenters. The summed E-state index contributed by atoms with van der Waals surface area (Å²) in [6, 6.07) is 54.5. The normalized spacial score (nSPS) is 11.0. The first-order valence-corrected chi connectivity index (χ1v) is 15.3. The molecule has 0 aliphatic heterocycles. The Bertz CT molecular complexity index is 2220. The Labute approximate surface area is 267 Å². The number of hydrogen-bond donors (Lipinski definition) is 0. The highest BCUT2D eigenvalue weighted by Gasteiger charge is 2.15. The highest BCUT2D eigenvalue weighted by atomic mass is 15.0. The molecule has 46 heavy (non-hydrogen) atoms. The van der Waals surface area contributed by atoms with Gasteiger partial charge < -0.3 is 0 Å². The van der Waals surface area contributed by atoms with Gasteiger partial charge >= 0.3 is 0 Å². The van der Waals surface area contributed by atoms with Crippen molar-refractivity contribution in [2.24, 2.45) is 0 Å². The minimum atomic E-state index is 0.641. The van der Waals surface area contributed by atoms with E-state index in [1.807, 2.05) is 72.9 Å². The first-order valence-electron chi connectivity index (χ1n) is 15.3. The second-order valence-electron chi connectivity index (χ2n) is 11.2. The maximum atomic E-state index is 5.01. The van der Waals surface area contributed by atoms with E-state index in [-0.39, 0.29) is 0 Å². The van der Waals surface area contributed by atoms with Gasteiger partial charge in [0.25, 0.3) is 0 Å². The zero-order chi connectivity index (χ0) is 30.7. The molecule has 0 atom stereocenters. The second kappa shape index (κ2) is 12.0. The highest BCUT2D eigenvalue weighted by molar-refractivity contribution is 6.00. The molecule has 4 nitrogen and oxygen atoms in total. The molecule has 0 amide bonds. The van der Waals surface area contributed by atoms with Crippen LogP contribution in [0.1, 0.15) is 0 Å². The topological polar surface area (TPSA) is 51.6 Å². The number of rotatable bonds is 6. The predicted molar refractivity (Wildman–Crippen MR) is 188 cm³/mol. The van der Waals surface area contributed by atoms with E-state index in [0.717, 1.165) is 55.5 Å². The van der Waals surface area contributed by atoms with Gasteiger partial charge in [0.2, 0.25) is 0 Å². The summed E-state index contributed by atoms with van der Waals surface area (Å²) in [4.78, 5) is 19.2. The summed E-state index contributed by atoms with van der Waals surface area (Å²) in [5.41, 5.74) is 9.67. The third-order valence-corrected chi connectivity index (χ3v) is 8.21. The molecular weight excluding hydrogens is 560 g/mol. The van der Waals surface area contributed by atoms with Crippen LogP contribution in [-0.2, 0) is 0 Å². The van der Waals surface area contributed by atoms with Crippen molar-refractivity contribution in [1.29, 1.82) is 0 Å². The Balaban J connectivity index is 1.25. The van der Waals surface area contributed by atoms with Gasteiger partial charge in [-0.1, -0.05) is 133 Å². The van der Waals surface area contributed by atoms with Crippen molar-refractivity contribution < 1.29 is 0 Å². The van der Waals surface area contributed by atoms with Crippen LogP contribution < -0.4 is 0 Å². The van der Waals surface area contributed by atoms with Crippen LogP contribution >= 0.6 is 0 Å². The Hall–Kier alpha value is -6.26. The van der Waals surface area contributed by atoms with Crippen LogP contribution in [0.2, 0.25) is 0 Å². The summed E-state index contributed by atoms with van der Waals surface area (Å²) in [6.07, 6.45) is 3.69. The molecule has 0 radical (unpaired) electrons. The van der Waals surface area contributed by atoms with Gasteiger partial charge in [-0.25, -0.2) is 15.0 Å². The van der Waals surface area contributed by atoms with Gasteiger partial charge in [0.1, 0.15) is 0 Å². The van der Waals surface area contributed by atoms with Gasteiger partial charge in [0, 0.05) is 29.1 Å². The summed E-state index contributed by atoms with van der Waals surface area (Å²) < 4.78 is 0. The molecule has 8 aromatic rings. The lowest BCUT2D eigenvalue weighted by Crippen LogP contribution is -2.00. The van der Waals surface area contributed by atoms with Gasteiger partial charge in [-0.15, -0.1) is 0 Å². The summed E-state index contributed by atoms with van der Waals surface area (Å²) in [5, 5.41) is 2.31. The zero-order valence-electron chi connectivity index (χ0n) is 25.0. The summed E-state index contributed by atoms with van der Waals surface area (Å²) in [5.74, 6) is 1.94. The summed E-state index contributed by atoms with van der Waals surface area (Å²) in [6.45, 7) is 0. The Morgan fingerprint density at radius 2 is 0.870 bits per heavy atom. The highest BCUT2D eigenvalue weighted by Crippen LogP contribution is 2.36. The Kier molecular flexibility index (Phi) is 7.14. The lowest BCUT2D eigenvalue weighted by atomic mass is 9.93. The van der Waals surface area contributed by atoms with Crippen molar-refractivity contribution in [2.45, 2.75) is 0 Å². The third-order valence-electron chi connectivity index (χ3n) is 8.21. The van der Waals surface area contributed by atoms with Crippen LogP contribution in [-0.4, -0.2) is 19.9 Å². The van der Waals surface area contributed by atoms with E-state index in [9.17, 15) is 0 Å².